The van der Waals surface area contributed by atoms with Crippen LogP contribution in [-0.4, -0.2) is 11.9 Å². The van der Waals surface area contributed by atoms with Gasteiger partial charge in [0.15, 0.2) is 0 Å². The van der Waals surface area contributed by atoms with Gasteiger partial charge in [0.2, 0.25) is 5.91 Å². The van der Waals surface area contributed by atoms with E-state index in [1.54, 1.807) is 6.07 Å². The molecule has 4 nitrogen and oxygen atoms in total. The van der Waals surface area contributed by atoms with Crippen LogP contribution in [0.5, 0.6) is 0 Å². The number of hydrogen-bond acceptors (Lipinski definition) is 3. The highest BCUT2D eigenvalue weighted by atomic mass is 35.5. The molecule has 128 valence electrons. The van der Waals surface area contributed by atoms with Crippen LogP contribution < -0.4 is 16.4 Å². The average molecular weight is 346 g/mol. The summed E-state index contributed by atoms with van der Waals surface area (Å²) in [6.45, 7) is 6.48. The van der Waals surface area contributed by atoms with Crippen LogP contribution in [0.1, 0.15) is 26.3 Å². The summed E-state index contributed by atoms with van der Waals surface area (Å²) in [6, 6.07) is 14.9. The highest BCUT2D eigenvalue weighted by molar-refractivity contribution is 6.33. The highest BCUT2D eigenvalue weighted by Gasteiger charge is 2.27. The quantitative estimate of drug-likeness (QED) is 0.758. The van der Waals surface area contributed by atoms with Crippen molar-refractivity contribution in [3.63, 3.8) is 0 Å². The van der Waals surface area contributed by atoms with Gasteiger partial charge in [-0.25, -0.2) is 0 Å². The third-order valence-electron chi connectivity index (χ3n) is 3.78. The summed E-state index contributed by atoms with van der Waals surface area (Å²) in [5, 5.41) is 6.65. The number of carbonyl (C=O) groups excluding carboxylic acids is 1. The van der Waals surface area contributed by atoms with Crippen molar-refractivity contribution in [2.24, 2.45) is 11.1 Å². The molecule has 0 fully saturated rings. The molecule has 1 amide bonds. The van der Waals surface area contributed by atoms with Crippen molar-refractivity contribution in [3.05, 3.63) is 59.1 Å². The van der Waals surface area contributed by atoms with Gasteiger partial charge in [0.1, 0.15) is 0 Å². The van der Waals surface area contributed by atoms with E-state index >= 15 is 0 Å². The summed E-state index contributed by atoms with van der Waals surface area (Å²) in [6.07, 6.45) is 0. The molecule has 2 rings (SSSR count). The Bertz CT molecular complexity index is 696. The molecule has 1 atom stereocenters. The molecule has 0 bridgehead atoms. The van der Waals surface area contributed by atoms with Crippen molar-refractivity contribution < 1.29 is 4.79 Å². The van der Waals surface area contributed by atoms with Crippen LogP contribution >= 0.6 is 11.6 Å². The predicted molar refractivity (Wildman–Crippen MR) is 101 cm³/mol. The van der Waals surface area contributed by atoms with E-state index in [4.69, 9.17) is 17.3 Å². The minimum Gasteiger partial charge on any atom is -0.380 e. The summed E-state index contributed by atoms with van der Waals surface area (Å²) < 4.78 is 0. The number of nitrogens with one attached hydrogen (secondary N) is 2. The van der Waals surface area contributed by atoms with Crippen LogP contribution in [0.3, 0.4) is 0 Å². The second-order valence-electron chi connectivity index (χ2n) is 6.87. The van der Waals surface area contributed by atoms with Gasteiger partial charge in [-0.15, -0.1) is 0 Å². The van der Waals surface area contributed by atoms with Crippen LogP contribution in [0, 0.1) is 5.41 Å². The summed E-state index contributed by atoms with van der Waals surface area (Å²) in [4.78, 5) is 12.2. The first-order valence-electron chi connectivity index (χ1n) is 7.91. The van der Waals surface area contributed by atoms with E-state index in [0.717, 1.165) is 5.69 Å². The van der Waals surface area contributed by atoms with Crippen molar-refractivity contribution in [2.45, 2.75) is 33.4 Å². The molecule has 0 heterocycles. The van der Waals surface area contributed by atoms with Crippen molar-refractivity contribution >= 4 is 28.9 Å². The predicted octanol–water partition coefficient (Wildman–Crippen LogP) is 4.26. The molecule has 2 aromatic rings. The first kappa shape index (κ1) is 18.3. The van der Waals surface area contributed by atoms with Crippen molar-refractivity contribution in [2.75, 3.05) is 10.6 Å². The molecular formula is C19H24ClN3O. The second kappa shape index (κ2) is 7.69. The van der Waals surface area contributed by atoms with Crippen LogP contribution in [0.25, 0.3) is 0 Å². The van der Waals surface area contributed by atoms with Crippen LogP contribution in [0.2, 0.25) is 5.02 Å². The number of carbonyl (C=O) groups is 1. The zero-order valence-electron chi connectivity index (χ0n) is 14.3. The van der Waals surface area contributed by atoms with E-state index in [1.807, 2.05) is 63.2 Å². The average Bonchev–Trinajstić information content (AvgIpc) is 2.53. The maximum absolute atomic E-state index is 12.2. The lowest BCUT2D eigenvalue weighted by molar-refractivity contribution is -0.119. The molecule has 0 aliphatic heterocycles. The van der Waals surface area contributed by atoms with Gasteiger partial charge in [0.05, 0.1) is 16.8 Å². The van der Waals surface area contributed by atoms with Gasteiger partial charge in [-0.1, -0.05) is 62.7 Å². The van der Waals surface area contributed by atoms with Crippen molar-refractivity contribution in [1.29, 1.82) is 0 Å². The Morgan fingerprint density at radius 3 is 2.42 bits per heavy atom. The lowest BCUT2D eigenvalue weighted by Crippen LogP contribution is -2.45. The van der Waals surface area contributed by atoms with Crippen molar-refractivity contribution in [1.82, 2.24) is 0 Å². The SMILES string of the molecule is CC(C)(C)[C@H](N)C(=O)Nc1ccc(NCc2ccccc2)c(Cl)c1. The number of hydrogen-bond donors (Lipinski definition) is 3. The van der Waals surface area contributed by atoms with Gasteiger partial charge in [-0.05, 0) is 29.2 Å². The number of benzene rings is 2. The summed E-state index contributed by atoms with van der Waals surface area (Å²) >= 11 is 6.30. The van der Waals surface area contributed by atoms with Crippen LogP contribution in [0.4, 0.5) is 11.4 Å². The Morgan fingerprint density at radius 2 is 1.83 bits per heavy atom. The molecule has 4 N–H and O–H groups in total. The fraction of sp³-hybridized carbons (Fsp3) is 0.316. The van der Waals surface area contributed by atoms with Gasteiger partial charge in [-0.2, -0.15) is 0 Å². The molecule has 2 aromatic carbocycles. The summed E-state index contributed by atoms with van der Waals surface area (Å²) in [7, 11) is 0. The zero-order chi connectivity index (χ0) is 17.7. The minimum absolute atomic E-state index is 0.219. The zero-order valence-corrected chi connectivity index (χ0v) is 15.0. The number of halogens is 1. The van der Waals surface area contributed by atoms with E-state index < -0.39 is 6.04 Å². The Balaban J connectivity index is 2.00. The van der Waals surface area contributed by atoms with Gasteiger partial charge < -0.3 is 16.4 Å². The monoisotopic (exact) mass is 345 g/mol. The third kappa shape index (κ3) is 4.98. The number of amides is 1. The van der Waals surface area contributed by atoms with Gasteiger partial charge in [0, 0.05) is 12.2 Å². The molecule has 0 aliphatic rings. The summed E-state index contributed by atoms with van der Waals surface area (Å²) in [5.41, 5.74) is 8.29. The van der Waals surface area contributed by atoms with E-state index in [-0.39, 0.29) is 11.3 Å². The Morgan fingerprint density at radius 1 is 1.17 bits per heavy atom. The topological polar surface area (TPSA) is 67.2 Å². The lowest BCUT2D eigenvalue weighted by Gasteiger charge is -2.25. The minimum atomic E-state index is -0.591. The number of anilines is 2. The first-order valence-corrected chi connectivity index (χ1v) is 8.29. The number of rotatable bonds is 5. The molecule has 0 saturated carbocycles. The number of nitrogens with two attached hydrogens (primary N) is 1. The van der Waals surface area contributed by atoms with Gasteiger partial charge >= 0.3 is 0 Å². The molecule has 0 radical (unpaired) electrons. The molecule has 5 heteroatoms. The Hall–Kier alpha value is -2.04. The largest absolute Gasteiger partial charge is 0.380 e. The first-order chi connectivity index (χ1) is 11.3. The van der Waals surface area contributed by atoms with E-state index in [1.165, 1.54) is 5.56 Å². The fourth-order valence-electron chi connectivity index (χ4n) is 2.14. The second-order valence-corrected chi connectivity index (χ2v) is 7.27. The molecule has 24 heavy (non-hydrogen) atoms. The maximum atomic E-state index is 12.2. The standard InChI is InChI=1S/C19H24ClN3O/c1-19(2,3)17(21)18(24)23-14-9-10-16(15(20)11-14)22-12-13-7-5-4-6-8-13/h4-11,17,22H,12,21H2,1-3H3,(H,23,24)/t17-/m1/s1. The molecule has 0 aliphatic carbocycles. The van der Waals surface area contributed by atoms with Gasteiger partial charge in [-0.3, -0.25) is 4.79 Å². The smallest absolute Gasteiger partial charge is 0.241 e. The third-order valence-corrected chi connectivity index (χ3v) is 4.09. The van der Waals surface area contributed by atoms with Gasteiger partial charge in [0.25, 0.3) is 0 Å². The van der Waals surface area contributed by atoms with Crippen molar-refractivity contribution in [3.8, 4) is 0 Å². The van der Waals surface area contributed by atoms with E-state index in [2.05, 4.69) is 10.6 Å². The molecular weight excluding hydrogens is 322 g/mol. The lowest BCUT2D eigenvalue weighted by atomic mass is 9.87. The fourth-order valence-corrected chi connectivity index (χ4v) is 2.39. The van der Waals surface area contributed by atoms with Crippen LogP contribution in [-0.2, 0) is 11.3 Å². The van der Waals surface area contributed by atoms with E-state index in [9.17, 15) is 4.79 Å². The molecule has 0 unspecified atom stereocenters. The molecule has 0 saturated heterocycles. The normalized spacial score (nSPS) is 12.5. The Labute approximate surface area is 148 Å². The Kier molecular flexibility index (Phi) is 5.86. The van der Waals surface area contributed by atoms with Crippen LogP contribution in [0.15, 0.2) is 48.5 Å². The molecule has 0 spiro atoms. The summed E-state index contributed by atoms with van der Waals surface area (Å²) in [5.74, 6) is -0.219. The molecule has 0 aromatic heterocycles. The van der Waals surface area contributed by atoms with E-state index in [0.29, 0.717) is 17.3 Å². The highest BCUT2D eigenvalue weighted by Crippen LogP contribution is 2.27. The maximum Gasteiger partial charge on any atom is 0.241 e.